The van der Waals surface area contributed by atoms with Crippen molar-refractivity contribution in [2.24, 2.45) is 15.3 Å². The van der Waals surface area contributed by atoms with E-state index in [1.54, 1.807) is 6.21 Å². The van der Waals surface area contributed by atoms with Gasteiger partial charge in [-0.25, -0.2) is 4.79 Å². The Labute approximate surface area is 166 Å². The van der Waals surface area contributed by atoms with E-state index in [0.29, 0.717) is 0 Å². The van der Waals surface area contributed by atoms with Crippen molar-refractivity contribution in [3.8, 4) is 0 Å². The standard InChI is InChI=1S/C20H16N4O3S/c1-27-18(25)12-17-19(26)24(22-14-16-10-6-3-7-11-16)20(28-17)23-21-13-15-8-4-2-5-9-15/h2-14H,1H3/b17-12-,21-13+,22-14+,23-20+. The number of hydrogen-bond donors (Lipinski definition) is 0. The van der Waals surface area contributed by atoms with Gasteiger partial charge in [-0.05, 0) is 22.9 Å². The minimum absolute atomic E-state index is 0.158. The van der Waals surface area contributed by atoms with Crippen LogP contribution in [0.4, 0.5) is 0 Å². The molecule has 0 radical (unpaired) electrons. The fourth-order valence-corrected chi connectivity index (χ4v) is 2.98. The van der Waals surface area contributed by atoms with Crippen LogP contribution in [-0.4, -0.2) is 41.6 Å². The topological polar surface area (TPSA) is 83.7 Å². The molecular formula is C20H16N4O3S. The van der Waals surface area contributed by atoms with Crippen LogP contribution in [0.25, 0.3) is 0 Å². The molecule has 0 N–H and O–H groups in total. The van der Waals surface area contributed by atoms with Crippen molar-refractivity contribution in [2.75, 3.05) is 7.11 Å². The summed E-state index contributed by atoms with van der Waals surface area (Å²) in [4.78, 5) is 24.3. The molecule has 2 aromatic rings. The quantitative estimate of drug-likeness (QED) is 0.339. The first-order valence-corrected chi connectivity index (χ1v) is 9.06. The molecule has 1 fully saturated rings. The first kappa shape index (κ1) is 19.2. The van der Waals surface area contributed by atoms with E-state index in [9.17, 15) is 9.59 Å². The third-order valence-electron chi connectivity index (χ3n) is 3.51. The third-order valence-corrected chi connectivity index (χ3v) is 4.46. The number of ether oxygens (including phenoxy) is 1. The predicted octanol–water partition coefficient (Wildman–Crippen LogP) is 3.04. The second-order valence-electron chi connectivity index (χ2n) is 5.44. The van der Waals surface area contributed by atoms with Gasteiger partial charge in [-0.15, -0.1) is 5.10 Å². The smallest absolute Gasteiger partial charge is 0.331 e. The zero-order valence-electron chi connectivity index (χ0n) is 14.9. The van der Waals surface area contributed by atoms with Gasteiger partial charge in [0.1, 0.15) is 0 Å². The van der Waals surface area contributed by atoms with Crippen LogP contribution in [0.3, 0.4) is 0 Å². The second-order valence-corrected chi connectivity index (χ2v) is 6.45. The molecular weight excluding hydrogens is 376 g/mol. The third kappa shape index (κ3) is 5.01. The van der Waals surface area contributed by atoms with Crippen LogP contribution in [0.15, 0.2) is 86.9 Å². The first-order valence-electron chi connectivity index (χ1n) is 8.24. The van der Waals surface area contributed by atoms with Crippen molar-refractivity contribution in [1.29, 1.82) is 0 Å². The number of carbonyl (C=O) groups excluding carboxylic acids is 2. The van der Waals surface area contributed by atoms with Crippen LogP contribution in [-0.2, 0) is 14.3 Å². The lowest BCUT2D eigenvalue weighted by atomic mass is 10.2. The molecule has 0 unspecified atom stereocenters. The second kappa shape index (κ2) is 9.43. The maximum atomic E-state index is 12.6. The normalized spacial score (nSPS) is 17.3. The number of carbonyl (C=O) groups is 2. The summed E-state index contributed by atoms with van der Waals surface area (Å²) in [5.74, 6) is -1.10. The lowest BCUT2D eigenvalue weighted by Crippen LogP contribution is -2.23. The maximum absolute atomic E-state index is 12.6. The van der Waals surface area contributed by atoms with E-state index in [0.717, 1.165) is 34.0 Å². The summed E-state index contributed by atoms with van der Waals surface area (Å²) in [5.41, 5.74) is 1.68. The minimum Gasteiger partial charge on any atom is -0.466 e. The first-order chi connectivity index (χ1) is 13.7. The van der Waals surface area contributed by atoms with Gasteiger partial charge in [-0.2, -0.15) is 15.2 Å². The molecule has 1 amide bonds. The molecule has 0 atom stereocenters. The molecule has 0 aliphatic carbocycles. The number of hydrazone groups is 1. The summed E-state index contributed by atoms with van der Waals surface area (Å²) in [6.45, 7) is 0. The van der Waals surface area contributed by atoms with Crippen molar-refractivity contribution in [3.63, 3.8) is 0 Å². The maximum Gasteiger partial charge on any atom is 0.331 e. The molecule has 140 valence electrons. The molecule has 28 heavy (non-hydrogen) atoms. The Bertz CT molecular complexity index is 969. The Kier molecular flexibility index (Phi) is 6.48. The Morgan fingerprint density at radius 2 is 1.61 bits per heavy atom. The molecule has 0 aromatic heterocycles. The number of rotatable bonds is 5. The molecule has 1 aliphatic rings. The highest BCUT2D eigenvalue weighted by Gasteiger charge is 2.34. The zero-order chi connectivity index (χ0) is 19.8. The lowest BCUT2D eigenvalue weighted by Gasteiger charge is -2.06. The van der Waals surface area contributed by atoms with E-state index in [1.807, 2.05) is 60.7 Å². The fraction of sp³-hybridized carbons (Fsp3) is 0.0500. The molecule has 0 bridgehead atoms. The van der Waals surface area contributed by atoms with Gasteiger partial charge in [0.2, 0.25) is 5.17 Å². The monoisotopic (exact) mass is 392 g/mol. The number of benzene rings is 2. The molecule has 8 heteroatoms. The van der Waals surface area contributed by atoms with Crippen LogP contribution in [0, 0.1) is 0 Å². The molecule has 0 spiro atoms. The predicted molar refractivity (Wildman–Crippen MR) is 110 cm³/mol. The highest BCUT2D eigenvalue weighted by Crippen LogP contribution is 2.31. The molecule has 7 nitrogen and oxygen atoms in total. The van der Waals surface area contributed by atoms with Gasteiger partial charge in [-0.3, -0.25) is 4.79 Å². The van der Waals surface area contributed by atoms with Gasteiger partial charge in [0, 0.05) is 6.08 Å². The van der Waals surface area contributed by atoms with Crippen LogP contribution < -0.4 is 0 Å². The fourth-order valence-electron chi connectivity index (χ4n) is 2.15. The molecule has 2 aromatic carbocycles. The zero-order valence-corrected chi connectivity index (χ0v) is 15.7. The molecule has 0 saturated carbocycles. The van der Waals surface area contributed by atoms with Crippen LogP contribution in [0.5, 0.6) is 0 Å². The van der Waals surface area contributed by atoms with Crippen molar-refractivity contribution in [2.45, 2.75) is 0 Å². The van der Waals surface area contributed by atoms with Gasteiger partial charge in [0.25, 0.3) is 5.91 Å². The van der Waals surface area contributed by atoms with Gasteiger partial charge >= 0.3 is 5.97 Å². The van der Waals surface area contributed by atoms with Gasteiger partial charge in [0.05, 0.1) is 24.4 Å². The van der Waals surface area contributed by atoms with E-state index >= 15 is 0 Å². The van der Waals surface area contributed by atoms with Gasteiger partial charge in [0.15, 0.2) is 0 Å². The number of amidine groups is 1. The number of amides is 1. The van der Waals surface area contributed by atoms with E-state index in [-0.39, 0.29) is 10.1 Å². The van der Waals surface area contributed by atoms with Gasteiger partial charge < -0.3 is 4.74 Å². The molecule has 1 aliphatic heterocycles. The summed E-state index contributed by atoms with van der Waals surface area (Å²) < 4.78 is 4.59. The lowest BCUT2D eigenvalue weighted by molar-refractivity contribution is -0.135. The van der Waals surface area contributed by atoms with E-state index in [2.05, 4.69) is 20.0 Å². The van der Waals surface area contributed by atoms with Crippen molar-refractivity contribution >= 4 is 41.2 Å². The van der Waals surface area contributed by atoms with E-state index in [1.165, 1.54) is 13.3 Å². The van der Waals surface area contributed by atoms with Crippen molar-refractivity contribution < 1.29 is 14.3 Å². The molecule has 1 heterocycles. The SMILES string of the molecule is COC(=O)/C=C1\S/C(=N/N=C/c2ccccc2)N(/N=C/c2ccccc2)C1=O. The van der Waals surface area contributed by atoms with Crippen LogP contribution in [0.2, 0.25) is 0 Å². The number of esters is 1. The summed E-state index contributed by atoms with van der Waals surface area (Å²) >= 11 is 1.00. The Balaban J connectivity index is 1.87. The largest absolute Gasteiger partial charge is 0.466 e. The number of nitrogens with zero attached hydrogens (tertiary/aromatic N) is 4. The summed E-state index contributed by atoms with van der Waals surface area (Å²) in [6.07, 6.45) is 4.22. The number of methoxy groups -OCH3 is 1. The van der Waals surface area contributed by atoms with Crippen molar-refractivity contribution in [3.05, 3.63) is 82.8 Å². The number of thioether (sulfide) groups is 1. The Morgan fingerprint density at radius 1 is 1.00 bits per heavy atom. The summed E-state index contributed by atoms with van der Waals surface area (Å²) in [6, 6.07) is 18.8. The molecule has 3 rings (SSSR count). The minimum atomic E-state index is -0.628. The van der Waals surface area contributed by atoms with Crippen molar-refractivity contribution in [1.82, 2.24) is 5.01 Å². The highest BCUT2D eigenvalue weighted by atomic mass is 32.2. The van der Waals surface area contributed by atoms with Crippen LogP contribution in [0.1, 0.15) is 11.1 Å². The average Bonchev–Trinajstić information content (AvgIpc) is 3.02. The summed E-state index contributed by atoms with van der Waals surface area (Å²) in [5, 5.41) is 13.7. The average molecular weight is 392 g/mol. The Hall–Kier alpha value is -3.52. The Morgan fingerprint density at radius 3 is 2.21 bits per heavy atom. The van der Waals surface area contributed by atoms with Crippen LogP contribution >= 0.6 is 11.8 Å². The highest BCUT2D eigenvalue weighted by molar-refractivity contribution is 8.18. The van der Waals surface area contributed by atoms with Gasteiger partial charge in [-0.1, -0.05) is 60.7 Å². The summed E-state index contributed by atoms with van der Waals surface area (Å²) in [7, 11) is 1.24. The number of hydrogen-bond acceptors (Lipinski definition) is 7. The molecule has 1 saturated heterocycles. The van der Waals surface area contributed by atoms with E-state index < -0.39 is 11.9 Å². The van der Waals surface area contributed by atoms with E-state index in [4.69, 9.17) is 0 Å².